The highest BCUT2D eigenvalue weighted by Gasteiger charge is 2.11. The number of rotatable bonds is 5. The SMILES string of the molecule is [O-]N([O-])c1cc(Cl)ccc1SSc1ccc(Cl)cc1N(O)O. The highest BCUT2D eigenvalue weighted by Crippen LogP contribution is 2.45. The first-order valence-corrected chi connectivity index (χ1v) is 8.55. The summed E-state index contributed by atoms with van der Waals surface area (Å²) in [5, 5.41) is 40.4. The molecule has 0 aromatic heterocycles. The van der Waals surface area contributed by atoms with Crippen LogP contribution in [0.5, 0.6) is 0 Å². The average Bonchev–Trinajstić information content (AvgIpc) is 2.46. The van der Waals surface area contributed by atoms with E-state index in [2.05, 4.69) is 0 Å². The average molecular weight is 379 g/mol. The molecule has 0 spiro atoms. The molecule has 0 saturated carbocycles. The molecule has 0 atom stereocenters. The Bertz CT molecular complexity index is 616. The molecule has 0 amide bonds. The lowest BCUT2D eigenvalue weighted by molar-refractivity contribution is 0.0277. The van der Waals surface area contributed by atoms with Gasteiger partial charge in [-0.2, -0.15) is 0 Å². The van der Waals surface area contributed by atoms with Gasteiger partial charge in [-0.05, 0) is 36.4 Å². The highest BCUT2D eigenvalue weighted by atomic mass is 35.5. The van der Waals surface area contributed by atoms with Gasteiger partial charge in [-0.1, -0.05) is 44.8 Å². The summed E-state index contributed by atoms with van der Waals surface area (Å²) in [7, 11) is 2.22. The van der Waals surface area contributed by atoms with Crippen LogP contribution in [0.4, 0.5) is 11.4 Å². The number of hydrogen-bond donors (Lipinski definition) is 2. The van der Waals surface area contributed by atoms with Gasteiger partial charge in [-0.3, -0.25) is 10.4 Å². The van der Waals surface area contributed by atoms with Crippen LogP contribution in [-0.4, -0.2) is 10.4 Å². The van der Waals surface area contributed by atoms with Gasteiger partial charge in [0.15, 0.2) is 0 Å². The molecule has 0 radical (unpaired) electrons. The van der Waals surface area contributed by atoms with E-state index in [1.54, 1.807) is 18.2 Å². The van der Waals surface area contributed by atoms with Gasteiger partial charge in [-0.15, -0.1) is 5.23 Å². The van der Waals surface area contributed by atoms with E-state index in [1.807, 2.05) is 0 Å². The summed E-state index contributed by atoms with van der Waals surface area (Å²) < 4.78 is 0. The molecule has 2 N–H and O–H groups in total. The van der Waals surface area contributed by atoms with E-state index in [0.717, 1.165) is 21.6 Å². The first kappa shape index (κ1) is 17.5. The maximum atomic E-state index is 11.0. The second-order valence-electron chi connectivity index (χ2n) is 3.94. The molecular formula is C12H8Cl2N2O4S2-2. The maximum Gasteiger partial charge on any atom is 0.110 e. The second kappa shape index (κ2) is 7.62. The third-order valence-corrected chi connectivity index (χ3v) is 5.41. The fraction of sp³-hybridized carbons (Fsp3) is 0. The zero-order valence-electron chi connectivity index (χ0n) is 10.6. The number of benzene rings is 2. The molecule has 2 aromatic rings. The lowest BCUT2D eigenvalue weighted by Gasteiger charge is -2.38. The van der Waals surface area contributed by atoms with E-state index in [1.165, 1.54) is 18.2 Å². The number of anilines is 2. The van der Waals surface area contributed by atoms with Gasteiger partial charge >= 0.3 is 0 Å². The molecule has 0 fully saturated rings. The van der Waals surface area contributed by atoms with Gasteiger partial charge in [0, 0.05) is 25.5 Å². The smallest absolute Gasteiger partial charge is 0.110 e. The molecule has 118 valence electrons. The van der Waals surface area contributed by atoms with Gasteiger partial charge in [0.1, 0.15) is 5.69 Å². The third kappa shape index (κ3) is 4.34. The summed E-state index contributed by atoms with van der Waals surface area (Å²) in [6.45, 7) is 0. The molecule has 22 heavy (non-hydrogen) atoms. The summed E-state index contributed by atoms with van der Waals surface area (Å²) in [4.78, 5) is 0.867. The quantitative estimate of drug-likeness (QED) is 0.542. The van der Waals surface area contributed by atoms with Crippen LogP contribution in [0.25, 0.3) is 0 Å². The molecule has 0 aliphatic carbocycles. The molecule has 0 heterocycles. The van der Waals surface area contributed by atoms with Crippen LogP contribution in [0.1, 0.15) is 0 Å². The fourth-order valence-corrected chi connectivity index (χ4v) is 4.10. The molecule has 2 aromatic carbocycles. The Balaban J connectivity index is 2.24. The van der Waals surface area contributed by atoms with E-state index >= 15 is 0 Å². The normalized spacial score (nSPS) is 10.6. The van der Waals surface area contributed by atoms with Gasteiger partial charge < -0.3 is 15.6 Å². The summed E-state index contributed by atoms with van der Waals surface area (Å²) in [5.74, 6) is 0. The van der Waals surface area contributed by atoms with E-state index in [9.17, 15) is 20.8 Å². The predicted molar refractivity (Wildman–Crippen MR) is 89.9 cm³/mol. The van der Waals surface area contributed by atoms with E-state index in [0.29, 0.717) is 14.8 Å². The van der Waals surface area contributed by atoms with Crippen LogP contribution < -0.4 is 10.5 Å². The number of halogens is 2. The Morgan fingerprint density at radius 2 is 1.27 bits per heavy atom. The summed E-state index contributed by atoms with van der Waals surface area (Å²) in [6, 6.07) is 8.86. The Hall–Kier alpha value is -0.840. The zero-order valence-corrected chi connectivity index (χ0v) is 13.8. The summed E-state index contributed by atoms with van der Waals surface area (Å²) in [6.07, 6.45) is 0. The minimum atomic E-state index is -0.526. The van der Waals surface area contributed by atoms with Crippen molar-refractivity contribution in [3.63, 3.8) is 0 Å². The minimum absolute atomic E-state index is 0.0505. The molecular weight excluding hydrogens is 371 g/mol. The molecule has 6 nitrogen and oxygen atoms in total. The monoisotopic (exact) mass is 378 g/mol. The van der Waals surface area contributed by atoms with Crippen molar-refractivity contribution in [3.8, 4) is 0 Å². The first-order chi connectivity index (χ1) is 10.4. The van der Waals surface area contributed by atoms with Crippen molar-refractivity contribution in [1.82, 2.24) is 0 Å². The van der Waals surface area contributed by atoms with Crippen molar-refractivity contribution in [3.05, 3.63) is 56.9 Å². The zero-order chi connectivity index (χ0) is 16.3. The van der Waals surface area contributed by atoms with Crippen molar-refractivity contribution in [2.75, 3.05) is 10.5 Å². The molecule has 0 aliphatic heterocycles. The molecule has 0 aliphatic rings. The standard InChI is InChI=1S/C12H8Cl2N2O4S2/c13-7-1-3-11(9(5-7)15(17)18)21-22-12-4-2-8(14)6-10(12)16(19)20/h1-6,17-18H/q-2. The van der Waals surface area contributed by atoms with E-state index < -0.39 is 5.23 Å². The lowest BCUT2D eigenvalue weighted by Crippen LogP contribution is -2.11. The fourth-order valence-electron chi connectivity index (χ4n) is 1.51. The Labute approximate surface area is 143 Å². The van der Waals surface area contributed by atoms with Crippen molar-refractivity contribution in [2.24, 2.45) is 0 Å². The van der Waals surface area contributed by atoms with Gasteiger partial charge in [0.2, 0.25) is 0 Å². The van der Waals surface area contributed by atoms with Crippen LogP contribution in [-0.2, 0) is 0 Å². The topological polar surface area (TPSA) is 93.1 Å². The van der Waals surface area contributed by atoms with Crippen LogP contribution in [0.3, 0.4) is 0 Å². The molecule has 0 bridgehead atoms. The summed E-state index contributed by atoms with van der Waals surface area (Å²) >= 11 is 11.5. The van der Waals surface area contributed by atoms with Crippen LogP contribution in [0.15, 0.2) is 46.2 Å². The highest BCUT2D eigenvalue weighted by molar-refractivity contribution is 8.76. The Kier molecular flexibility index (Phi) is 6.07. The largest absolute Gasteiger partial charge is 0.769 e. The van der Waals surface area contributed by atoms with Crippen molar-refractivity contribution in [2.45, 2.75) is 9.79 Å². The van der Waals surface area contributed by atoms with Gasteiger partial charge in [0.25, 0.3) is 0 Å². The predicted octanol–water partition coefficient (Wildman–Crippen LogP) is 5.18. The first-order valence-electron chi connectivity index (χ1n) is 5.64. The maximum absolute atomic E-state index is 11.0. The van der Waals surface area contributed by atoms with Crippen molar-refractivity contribution in [1.29, 1.82) is 0 Å². The number of nitrogens with zero attached hydrogens (tertiary/aromatic N) is 2. The van der Waals surface area contributed by atoms with Crippen molar-refractivity contribution >= 4 is 56.2 Å². The lowest BCUT2D eigenvalue weighted by atomic mass is 10.3. The van der Waals surface area contributed by atoms with Crippen LogP contribution in [0, 0.1) is 10.4 Å². The third-order valence-electron chi connectivity index (χ3n) is 2.48. The Morgan fingerprint density at radius 1 is 0.818 bits per heavy atom. The van der Waals surface area contributed by atoms with Crippen LogP contribution >= 0.6 is 44.8 Å². The van der Waals surface area contributed by atoms with E-state index in [4.69, 9.17) is 23.2 Å². The van der Waals surface area contributed by atoms with Crippen molar-refractivity contribution < 1.29 is 10.4 Å². The second-order valence-corrected chi connectivity index (χ2v) is 7.02. The van der Waals surface area contributed by atoms with Gasteiger partial charge in [0.05, 0.1) is 0 Å². The summed E-state index contributed by atoms with van der Waals surface area (Å²) in [5.41, 5.74) is -0.0491. The molecule has 2 rings (SSSR count). The Morgan fingerprint density at radius 3 is 1.73 bits per heavy atom. The minimum Gasteiger partial charge on any atom is -0.769 e. The molecule has 10 heteroatoms. The molecule has 0 unspecified atom stereocenters. The van der Waals surface area contributed by atoms with Gasteiger partial charge in [-0.25, -0.2) is 0 Å². The number of hydrogen-bond acceptors (Lipinski definition) is 8. The van der Waals surface area contributed by atoms with E-state index in [-0.39, 0.29) is 21.6 Å². The molecule has 0 saturated heterocycles. The van der Waals surface area contributed by atoms with Crippen LogP contribution in [0.2, 0.25) is 10.0 Å².